The Bertz CT molecular complexity index is 1020. The lowest BCUT2D eigenvalue weighted by atomic mass is 9.84. The van der Waals surface area contributed by atoms with Gasteiger partial charge < -0.3 is 25.5 Å². The van der Waals surface area contributed by atoms with Gasteiger partial charge in [-0.05, 0) is 24.7 Å². The summed E-state index contributed by atoms with van der Waals surface area (Å²) in [6, 6.07) is 7.45. The van der Waals surface area contributed by atoms with Gasteiger partial charge in [0.05, 0.1) is 43.4 Å². The maximum atomic E-state index is 11.7. The molecule has 0 aliphatic heterocycles. The first kappa shape index (κ1) is 32.3. The second kappa shape index (κ2) is 15.5. The van der Waals surface area contributed by atoms with Gasteiger partial charge in [-0.1, -0.05) is 30.3 Å². The fourth-order valence-electron chi connectivity index (χ4n) is 4.10. The molecule has 14 nitrogen and oxygen atoms in total. The molecule has 0 fully saturated rings. The number of carboxylic acids is 5. The van der Waals surface area contributed by atoms with Crippen molar-refractivity contribution in [3.63, 3.8) is 0 Å². The predicted molar refractivity (Wildman–Crippen MR) is 135 cm³/mol. The molecule has 0 radical (unpaired) electrons. The highest BCUT2D eigenvalue weighted by Crippen LogP contribution is 2.35. The molecule has 1 aromatic rings. The van der Waals surface area contributed by atoms with Gasteiger partial charge >= 0.3 is 29.8 Å². The second-order valence-corrected chi connectivity index (χ2v) is 8.82. The van der Waals surface area contributed by atoms with Crippen LogP contribution < -0.4 is 0 Å². The Morgan fingerprint density at radius 2 is 1.21 bits per heavy atom. The number of thiocarbonyl (C=S) groups is 1. The Hall–Kier alpha value is -3.75. The van der Waals surface area contributed by atoms with Crippen molar-refractivity contribution in [3.05, 3.63) is 35.9 Å². The summed E-state index contributed by atoms with van der Waals surface area (Å²) in [6.45, 7) is -2.32. The van der Waals surface area contributed by atoms with E-state index in [1.807, 2.05) is 0 Å². The zero-order valence-corrected chi connectivity index (χ0v) is 21.4. The molecule has 0 aromatic heterocycles. The van der Waals surface area contributed by atoms with Gasteiger partial charge in [-0.3, -0.25) is 38.7 Å². The largest absolute Gasteiger partial charge is 0.480 e. The van der Waals surface area contributed by atoms with E-state index in [0.29, 0.717) is 5.56 Å². The van der Waals surface area contributed by atoms with Gasteiger partial charge in [-0.2, -0.15) is 0 Å². The first-order valence-corrected chi connectivity index (χ1v) is 11.6. The van der Waals surface area contributed by atoms with E-state index in [1.54, 1.807) is 30.3 Å². The Kier molecular flexibility index (Phi) is 13.2. The minimum Gasteiger partial charge on any atom is -0.480 e. The monoisotopic (exact) mass is 554 g/mol. The van der Waals surface area contributed by atoms with Crippen LogP contribution in [0.2, 0.25) is 0 Å². The van der Waals surface area contributed by atoms with E-state index in [0.717, 1.165) is 9.80 Å². The number of isothiocyanates is 1. The summed E-state index contributed by atoms with van der Waals surface area (Å²) in [6.07, 6.45) is 0. The molecule has 1 aromatic carbocycles. The summed E-state index contributed by atoms with van der Waals surface area (Å²) in [5.41, 5.74) is -0.953. The molecule has 0 saturated carbocycles. The molecule has 0 amide bonds. The van der Waals surface area contributed by atoms with Crippen molar-refractivity contribution in [2.75, 3.05) is 52.4 Å². The third kappa shape index (κ3) is 11.1. The van der Waals surface area contributed by atoms with Crippen molar-refractivity contribution >= 4 is 47.2 Å². The molecular weight excluding hydrogens is 524 g/mol. The molecule has 0 bridgehead atoms. The maximum absolute atomic E-state index is 11.7. The molecule has 0 aliphatic carbocycles. The van der Waals surface area contributed by atoms with Crippen LogP contribution in [0, 0.1) is 0 Å². The summed E-state index contributed by atoms with van der Waals surface area (Å²) in [7, 11) is 0. The molecule has 208 valence electrons. The fourth-order valence-corrected chi connectivity index (χ4v) is 4.21. The van der Waals surface area contributed by atoms with Crippen molar-refractivity contribution in [1.29, 1.82) is 0 Å². The second-order valence-electron chi connectivity index (χ2n) is 8.64. The number of carboxylic acid groups (broad SMARTS) is 5. The number of benzene rings is 1. The van der Waals surface area contributed by atoms with Crippen molar-refractivity contribution in [2.24, 2.45) is 4.99 Å². The fraction of sp³-hybridized carbons (Fsp3) is 0.478. The highest BCUT2D eigenvalue weighted by Gasteiger charge is 2.44. The van der Waals surface area contributed by atoms with Crippen molar-refractivity contribution in [2.45, 2.75) is 18.5 Å². The Balaban J connectivity index is 3.57. The van der Waals surface area contributed by atoms with Crippen LogP contribution in [0.4, 0.5) is 0 Å². The molecule has 2 atom stereocenters. The van der Waals surface area contributed by atoms with E-state index in [9.17, 15) is 39.3 Å². The molecule has 1 rings (SSSR count). The minimum absolute atomic E-state index is 0.140. The average molecular weight is 555 g/mol. The molecule has 15 heteroatoms. The Labute approximate surface area is 223 Å². The summed E-state index contributed by atoms with van der Waals surface area (Å²) >= 11 is 4.82. The summed E-state index contributed by atoms with van der Waals surface area (Å²) in [5, 5.41) is 49.1. The quantitative estimate of drug-likeness (QED) is 0.112. The molecule has 0 heterocycles. The van der Waals surface area contributed by atoms with Crippen LogP contribution in [0.25, 0.3) is 0 Å². The lowest BCUT2D eigenvalue weighted by Gasteiger charge is -2.46. The van der Waals surface area contributed by atoms with Gasteiger partial charge in [0.15, 0.2) is 0 Å². The number of aliphatic carboxylic acids is 5. The Morgan fingerprint density at radius 1 is 0.789 bits per heavy atom. The number of hydrogen-bond acceptors (Lipinski definition) is 10. The number of carbonyl (C=O) groups is 5. The molecule has 5 N–H and O–H groups in total. The van der Waals surface area contributed by atoms with Gasteiger partial charge in [0.2, 0.25) is 0 Å². The standard InChI is InChI=1S/C23H30N4O10S/c1-23(27(12-20(34)35)13-21(36)37,22(24-15-38)16-5-3-2-4-6-16)14-26(11-19(32)33)8-7-25(9-17(28)29)10-18(30)31/h2-6,22H,7-14H2,1H3,(H,28,29)(H,30,31)(H,32,33)(H,34,35)(H,36,37)/t22?,23-/m0/s1. The lowest BCUT2D eigenvalue weighted by Crippen LogP contribution is -2.60. The Morgan fingerprint density at radius 3 is 1.63 bits per heavy atom. The predicted octanol–water partition coefficient (Wildman–Crippen LogP) is -0.0818. The van der Waals surface area contributed by atoms with E-state index in [2.05, 4.69) is 10.2 Å². The zero-order chi connectivity index (χ0) is 28.9. The molecule has 0 saturated heterocycles. The summed E-state index contributed by atoms with van der Waals surface area (Å²) in [4.78, 5) is 65.2. The molecule has 38 heavy (non-hydrogen) atoms. The van der Waals surface area contributed by atoms with Crippen LogP contribution in [0.15, 0.2) is 35.3 Å². The van der Waals surface area contributed by atoms with Crippen molar-refractivity contribution in [1.82, 2.24) is 14.7 Å². The van der Waals surface area contributed by atoms with Gasteiger partial charge in [-0.15, -0.1) is 0 Å². The van der Waals surface area contributed by atoms with Crippen molar-refractivity contribution in [3.8, 4) is 0 Å². The van der Waals surface area contributed by atoms with Crippen LogP contribution in [-0.2, 0) is 24.0 Å². The molecular formula is C23H30N4O10S. The number of rotatable bonds is 19. The third-order valence-electron chi connectivity index (χ3n) is 5.61. The zero-order valence-electron chi connectivity index (χ0n) is 20.6. The minimum atomic E-state index is -1.48. The van der Waals surface area contributed by atoms with Crippen LogP contribution in [0.1, 0.15) is 18.5 Å². The van der Waals surface area contributed by atoms with Gasteiger partial charge in [-0.25, -0.2) is 4.99 Å². The molecule has 1 unspecified atom stereocenters. The van der Waals surface area contributed by atoms with Crippen molar-refractivity contribution < 1.29 is 49.5 Å². The van der Waals surface area contributed by atoms with E-state index in [-0.39, 0.29) is 19.6 Å². The number of nitrogens with zero attached hydrogens (tertiary/aromatic N) is 4. The maximum Gasteiger partial charge on any atom is 0.317 e. The highest BCUT2D eigenvalue weighted by atomic mass is 32.1. The van der Waals surface area contributed by atoms with E-state index in [1.165, 1.54) is 11.8 Å². The first-order chi connectivity index (χ1) is 17.8. The van der Waals surface area contributed by atoms with E-state index in [4.69, 9.17) is 22.4 Å². The van der Waals surface area contributed by atoms with Crippen LogP contribution >= 0.6 is 12.2 Å². The normalized spacial score (nSPS) is 13.5. The summed E-state index contributed by atoms with van der Waals surface area (Å²) < 4.78 is 0. The number of aliphatic imine (C=N–C) groups is 1. The average Bonchev–Trinajstić information content (AvgIpc) is 2.79. The van der Waals surface area contributed by atoms with Gasteiger partial charge in [0.1, 0.15) is 6.04 Å². The summed E-state index contributed by atoms with van der Waals surface area (Å²) in [5.74, 6) is -6.51. The molecule has 0 aliphatic rings. The topological polar surface area (TPSA) is 209 Å². The van der Waals surface area contributed by atoms with E-state index < -0.39 is 74.2 Å². The van der Waals surface area contributed by atoms with Gasteiger partial charge in [0.25, 0.3) is 0 Å². The molecule has 0 spiro atoms. The third-order valence-corrected chi connectivity index (χ3v) is 5.72. The lowest BCUT2D eigenvalue weighted by molar-refractivity contribution is -0.147. The van der Waals surface area contributed by atoms with Gasteiger partial charge in [0, 0.05) is 19.6 Å². The first-order valence-electron chi connectivity index (χ1n) is 11.2. The smallest absolute Gasteiger partial charge is 0.317 e. The van der Waals surface area contributed by atoms with Crippen LogP contribution in [-0.4, -0.2) is 133 Å². The SMILES string of the molecule is C[C@](CN(CCN(CC(=O)O)CC(=O)O)CC(=O)O)(C(N=C=S)c1ccccc1)N(CC(=O)O)CC(=O)O. The van der Waals surface area contributed by atoms with Crippen LogP contribution in [0.5, 0.6) is 0 Å². The number of hydrogen-bond donors (Lipinski definition) is 5. The van der Waals surface area contributed by atoms with E-state index >= 15 is 0 Å². The highest BCUT2D eigenvalue weighted by molar-refractivity contribution is 7.78. The van der Waals surface area contributed by atoms with Crippen LogP contribution in [0.3, 0.4) is 0 Å².